The van der Waals surface area contributed by atoms with Crippen LogP contribution in [-0.2, 0) is 20.9 Å². The molecule has 6 atom stereocenters. The molecule has 0 heterocycles. The van der Waals surface area contributed by atoms with Crippen molar-refractivity contribution >= 4 is 29.6 Å². The van der Waals surface area contributed by atoms with Gasteiger partial charge in [0.2, 0.25) is 0 Å². The van der Waals surface area contributed by atoms with E-state index in [2.05, 4.69) is 13.8 Å². The van der Waals surface area contributed by atoms with Gasteiger partial charge in [-0.1, -0.05) is 44.9 Å². The molecule has 1 aromatic rings. The first-order valence-corrected chi connectivity index (χ1v) is 15.3. The minimum atomic E-state index is -4.40. The van der Waals surface area contributed by atoms with Gasteiger partial charge in [-0.3, -0.25) is 14.5 Å². The first-order valence-electron chi connectivity index (χ1n) is 14.4. The maximum absolute atomic E-state index is 13.6. The van der Waals surface area contributed by atoms with Gasteiger partial charge in [0.15, 0.2) is 5.78 Å². The van der Waals surface area contributed by atoms with Gasteiger partial charge in [-0.15, -0.1) is 0 Å². The van der Waals surface area contributed by atoms with Crippen molar-refractivity contribution in [1.29, 1.82) is 0 Å². The molecular weight excluding hydrogens is 539 g/mol. The van der Waals surface area contributed by atoms with Crippen LogP contribution in [0.4, 0.5) is 18.0 Å². The van der Waals surface area contributed by atoms with E-state index in [0.717, 1.165) is 31.3 Å². The summed E-state index contributed by atoms with van der Waals surface area (Å²) in [5.41, 5.74) is -2.82. The fraction of sp³-hybridized carbons (Fsp3) is 0.645. The maximum atomic E-state index is 13.6. The first-order chi connectivity index (χ1) is 18.8. The smallest absolute Gasteiger partial charge is 0.376 e. The Labute approximate surface area is 238 Å². The molecule has 0 N–H and O–H groups in total. The van der Waals surface area contributed by atoms with E-state index in [4.69, 9.17) is 4.74 Å². The lowest BCUT2D eigenvalue weighted by Gasteiger charge is -2.60. The van der Waals surface area contributed by atoms with Gasteiger partial charge < -0.3 is 4.74 Å². The number of nitrogens with zero attached hydrogens (tertiary/aromatic N) is 1. The Morgan fingerprint density at radius 1 is 1.07 bits per heavy atom. The van der Waals surface area contributed by atoms with Crippen LogP contribution in [0.2, 0.25) is 0 Å². The molecule has 5 rings (SSSR count). The molecule has 9 heteroatoms. The maximum Gasteiger partial charge on any atom is 0.446 e. The summed E-state index contributed by atoms with van der Waals surface area (Å²) in [4.78, 5) is 40.4. The lowest BCUT2D eigenvalue weighted by atomic mass is 9.46. The molecule has 1 amide bonds. The van der Waals surface area contributed by atoms with Crippen molar-refractivity contribution in [2.75, 3.05) is 0 Å². The minimum absolute atomic E-state index is 0.0277. The van der Waals surface area contributed by atoms with E-state index in [1.54, 1.807) is 25.1 Å². The van der Waals surface area contributed by atoms with E-state index < -0.39 is 29.0 Å². The molecule has 4 aliphatic carbocycles. The SMILES string of the molecule is CCC(=O)OC(=O)N(Cc1ccc(SC(F)(F)F)cc1)C1CC(=O)C=C2CC[C@H]3[C@@H]4CCC[C@@]4(C)CC[C@@H]3[C@]21C. The van der Waals surface area contributed by atoms with Crippen molar-refractivity contribution in [2.45, 2.75) is 102 Å². The van der Waals surface area contributed by atoms with Gasteiger partial charge in [0.05, 0.1) is 6.04 Å². The van der Waals surface area contributed by atoms with Crippen LogP contribution in [0.15, 0.2) is 40.8 Å². The topological polar surface area (TPSA) is 63.7 Å². The van der Waals surface area contributed by atoms with Gasteiger partial charge >= 0.3 is 17.6 Å². The molecule has 1 aromatic carbocycles. The Bertz CT molecular complexity index is 1200. The summed E-state index contributed by atoms with van der Waals surface area (Å²) >= 11 is -0.194. The van der Waals surface area contributed by atoms with Crippen molar-refractivity contribution in [3.05, 3.63) is 41.5 Å². The number of thioether (sulfide) groups is 1. The zero-order valence-corrected chi connectivity index (χ0v) is 24.2. The highest BCUT2D eigenvalue weighted by Gasteiger charge is 2.60. The number of carbonyl (C=O) groups excluding carboxylic acids is 3. The summed E-state index contributed by atoms with van der Waals surface area (Å²) in [5.74, 6) is 0.728. The highest BCUT2D eigenvalue weighted by molar-refractivity contribution is 8.00. The summed E-state index contributed by atoms with van der Waals surface area (Å²) in [6.07, 6.45) is 8.86. The fourth-order valence-electron chi connectivity index (χ4n) is 8.56. The molecule has 0 saturated heterocycles. The van der Waals surface area contributed by atoms with Crippen molar-refractivity contribution in [1.82, 2.24) is 4.90 Å². The molecule has 0 bridgehead atoms. The fourth-order valence-corrected chi connectivity index (χ4v) is 9.10. The van der Waals surface area contributed by atoms with Crippen LogP contribution in [0.25, 0.3) is 0 Å². The lowest BCUT2D eigenvalue weighted by Crippen LogP contribution is -2.60. The summed E-state index contributed by atoms with van der Waals surface area (Å²) in [5, 5.41) is 0. The Kier molecular flexibility index (Phi) is 7.92. The molecule has 1 unspecified atom stereocenters. The molecule has 3 fully saturated rings. The largest absolute Gasteiger partial charge is 0.446 e. The van der Waals surface area contributed by atoms with Crippen molar-refractivity contribution in [3.8, 4) is 0 Å². The summed E-state index contributed by atoms with van der Waals surface area (Å²) < 4.78 is 43.8. The van der Waals surface area contributed by atoms with Crippen LogP contribution in [0, 0.1) is 28.6 Å². The number of benzene rings is 1. The number of halogens is 3. The molecule has 0 radical (unpaired) electrons. The van der Waals surface area contributed by atoms with Crippen LogP contribution >= 0.6 is 11.8 Å². The second kappa shape index (κ2) is 10.8. The highest BCUT2D eigenvalue weighted by atomic mass is 32.2. The average molecular weight is 578 g/mol. The Balaban J connectivity index is 1.50. The number of hydrogen-bond acceptors (Lipinski definition) is 5. The van der Waals surface area contributed by atoms with Gasteiger partial charge in [-0.25, -0.2) is 4.79 Å². The summed E-state index contributed by atoms with van der Waals surface area (Å²) in [7, 11) is 0. The number of esters is 1. The molecule has 5 nitrogen and oxygen atoms in total. The van der Waals surface area contributed by atoms with Crippen molar-refractivity contribution in [3.63, 3.8) is 0 Å². The third-order valence-corrected chi connectivity index (χ3v) is 11.2. The minimum Gasteiger partial charge on any atom is -0.376 e. The summed E-state index contributed by atoms with van der Waals surface area (Å²) in [6, 6.07) is 5.37. The van der Waals surface area contributed by atoms with Crippen LogP contribution < -0.4 is 0 Å². The van der Waals surface area contributed by atoms with Gasteiger partial charge in [0.25, 0.3) is 0 Å². The normalized spacial score (nSPS) is 33.4. The molecule has 3 saturated carbocycles. The molecule has 218 valence electrons. The number of ketones is 1. The number of rotatable bonds is 5. The van der Waals surface area contributed by atoms with Crippen LogP contribution in [0.5, 0.6) is 0 Å². The molecule has 0 aliphatic heterocycles. The zero-order chi connectivity index (χ0) is 28.9. The van der Waals surface area contributed by atoms with E-state index in [1.807, 2.05) is 0 Å². The van der Waals surface area contributed by atoms with E-state index >= 15 is 0 Å². The van der Waals surface area contributed by atoms with Gasteiger partial charge in [-0.2, -0.15) is 13.2 Å². The van der Waals surface area contributed by atoms with Gasteiger partial charge in [0, 0.05) is 29.7 Å². The van der Waals surface area contributed by atoms with Gasteiger partial charge in [0.1, 0.15) is 0 Å². The second-order valence-electron chi connectivity index (χ2n) is 12.6. The van der Waals surface area contributed by atoms with Crippen molar-refractivity contribution < 1.29 is 32.3 Å². The number of alkyl halides is 3. The van der Waals surface area contributed by atoms with E-state index in [9.17, 15) is 27.6 Å². The third-order valence-electron chi connectivity index (χ3n) is 10.5. The number of carbonyl (C=O) groups is 3. The highest BCUT2D eigenvalue weighted by Crippen LogP contribution is 2.65. The van der Waals surface area contributed by atoms with E-state index in [1.165, 1.54) is 36.3 Å². The average Bonchev–Trinajstić information content (AvgIpc) is 3.29. The predicted octanol–water partition coefficient (Wildman–Crippen LogP) is 8.07. The molecule has 40 heavy (non-hydrogen) atoms. The Morgan fingerprint density at radius 2 is 1.80 bits per heavy atom. The summed E-state index contributed by atoms with van der Waals surface area (Å²) in [6.45, 7) is 6.26. The third kappa shape index (κ3) is 5.47. The molecule has 4 aliphatic rings. The van der Waals surface area contributed by atoms with Gasteiger partial charge in [-0.05, 0) is 97.2 Å². The van der Waals surface area contributed by atoms with Crippen LogP contribution in [0.1, 0.15) is 84.1 Å². The van der Waals surface area contributed by atoms with E-state index in [0.29, 0.717) is 28.7 Å². The van der Waals surface area contributed by atoms with Crippen LogP contribution in [0.3, 0.4) is 0 Å². The second-order valence-corrected chi connectivity index (χ2v) is 13.7. The Morgan fingerprint density at radius 3 is 2.48 bits per heavy atom. The van der Waals surface area contributed by atoms with Crippen molar-refractivity contribution in [2.24, 2.45) is 28.6 Å². The zero-order valence-electron chi connectivity index (χ0n) is 23.4. The number of hydrogen-bond donors (Lipinski definition) is 0. The van der Waals surface area contributed by atoms with Crippen LogP contribution in [-0.4, -0.2) is 34.3 Å². The Hall–Kier alpha value is -2.29. The lowest BCUT2D eigenvalue weighted by molar-refractivity contribution is -0.139. The van der Waals surface area contributed by atoms with E-state index in [-0.39, 0.29) is 41.8 Å². The molecule has 0 aromatic heterocycles. The number of ether oxygens (including phenoxy) is 1. The monoisotopic (exact) mass is 577 g/mol. The first kappa shape index (κ1) is 29.2. The molecule has 0 spiro atoms. The number of fused-ring (bicyclic) bond motifs is 5. The predicted molar refractivity (Wildman–Crippen MR) is 146 cm³/mol. The standard InChI is InChI=1S/C31H38F3NO4S/c1-4-27(37)39-28(38)35(18-19-7-10-22(11-8-19)40-31(32,33)34)26-17-21(36)16-20-9-12-23-24-6-5-14-29(24,2)15-13-25(23)30(20,26)3/h7-8,10-11,16,23-26H,4-6,9,12-15,17-18H2,1-3H3/t23-,24-,25-,26?,29-,30-/m0/s1. The quantitative estimate of drug-likeness (QED) is 0.201. The molecular formula is C31H38F3NO4S. The number of amides is 1.